The van der Waals surface area contributed by atoms with Crippen LogP contribution in [-0.2, 0) is 22.7 Å². The fraction of sp³-hybridized carbons (Fsp3) is 0.750. The molecule has 1 fully saturated rings. The van der Waals surface area contributed by atoms with E-state index < -0.39 is 46.8 Å². The molecule has 2 aromatic rings. The molecule has 236 valence electrons. The van der Waals surface area contributed by atoms with Gasteiger partial charge in [0.05, 0.1) is 12.9 Å². The van der Waals surface area contributed by atoms with Gasteiger partial charge in [-0.25, -0.2) is 24.1 Å². The Kier molecular flexibility index (Phi) is 15.1. The van der Waals surface area contributed by atoms with Crippen molar-refractivity contribution in [2.75, 3.05) is 51.6 Å². The van der Waals surface area contributed by atoms with Gasteiger partial charge in [0.1, 0.15) is 30.2 Å². The number of nitrogen functional groups attached to an aromatic ring is 1. The molecular weight excluding hydrogens is 588 g/mol. The van der Waals surface area contributed by atoms with Crippen molar-refractivity contribution in [3.63, 3.8) is 0 Å². The van der Waals surface area contributed by atoms with Crippen LogP contribution < -0.4 is 27.8 Å². The number of aliphatic hydroxyl groups excluding tert-OH is 2. The topological polar surface area (TPSA) is 309 Å². The molecule has 0 aliphatic carbocycles. The average molecular weight is 630 g/mol. The number of aromatic nitrogens is 4. The summed E-state index contributed by atoms with van der Waals surface area (Å²) in [4.78, 5) is 38.1. The summed E-state index contributed by atoms with van der Waals surface area (Å²) in [6.07, 6.45) is 1.43. The van der Waals surface area contributed by atoms with E-state index in [9.17, 15) is 24.2 Å². The zero-order valence-electron chi connectivity index (χ0n) is 22.4. The molecule has 0 radical (unpaired) electrons. The van der Waals surface area contributed by atoms with E-state index in [1.165, 1.54) is 23.7 Å². The van der Waals surface area contributed by atoms with Crippen LogP contribution in [-0.4, -0.2) is 109 Å². The van der Waals surface area contributed by atoms with Crippen LogP contribution in [0.4, 0.5) is 5.82 Å². The van der Waals surface area contributed by atoms with E-state index in [1.807, 2.05) is 0 Å². The number of hydrogen-bond acceptors (Lipinski definition) is 15. The third-order valence-corrected chi connectivity index (χ3v) is 7.83. The normalized spacial score (nSPS) is 22.4. The van der Waals surface area contributed by atoms with Gasteiger partial charge in [0, 0.05) is 0 Å². The Bertz CT molecular complexity index is 1130. The van der Waals surface area contributed by atoms with Crippen LogP contribution in [0.5, 0.6) is 0 Å². The zero-order valence-corrected chi connectivity index (χ0v) is 24.2. The fourth-order valence-corrected chi connectivity index (χ4v) is 5.28. The van der Waals surface area contributed by atoms with E-state index in [2.05, 4.69) is 34.4 Å². The second-order valence-corrected chi connectivity index (χ2v) is 11.8. The van der Waals surface area contributed by atoms with E-state index in [4.69, 9.17) is 31.7 Å². The van der Waals surface area contributed by atoms with Crippen molar-refractivity contribution in [2.45, 2.75) is 50.2 Å². The summed E-state index contributed by atoms with van der Waals surface area (Å²) in [5.41, 5.74) is 16.9. The lowest BCUT2D eigenvalue weighted by atomic mass is 10.1. The highest BCUT2D eigenvalue weighted by Gasteiger charge is 2.46. The largest absolute Gasteiger partial charge is 0.481 e. The number of anilines is 1. The van der Waals surface area contributed by atoms with Crippen molar-refractivity contribution < 1.29 is 47.6 Å². The summed E-state index contributed by atoms with van der Waals surface area (Å²) >= 11 is 0. The molecule has 0 spiro atoms. The number of nitrogens with one attached hydrogen (secondary N) is 2. The SMILES string of the molecule is NCCCNCCCCNCCCN.Nc1ncnc2c1ncn2[C@@H]1O[C@H](COP(=O)(O)OP(=O)(O)O)[C@@H](O)[C@H]1O. The first-order chi connectivity index (χ1) is 19.4. The number of fused-ring (bicyclic) bond motifs is 1. The third kappa shape index (κ3) is 12.2. The van der Waals surface area contributed by atoms with Crippen LogP contribution in [0.15, 0.2) is 12.7 Å². The second-order valence-electron chi connectivity index (χ2n) is 8.96. The predicted octanol–water partition coefficient (Wildman–Crippen LogP) is -2.10. The lowest BCUT2D eigenvalue weighted by Gasteiger charge is -2.17. The minimum absolute atomic E-state index is 0.0856. The van der Waals surface area contributed by atoms with Crippen LogP contribution in [0, 0.1) is 0 Å². The molecule has 41 heavy (non-hydrogen) atoms. The number of aliphatic hydroxyl groups is 2. The van der Waals surface area contributed by atoms with Crippen molar-refractivity contribution in [3.05, 3.63) is 12.7 Å². The molecule has 13 N–H and O–H groups in total. The number of ether oxygens (including phenoxy) is 1. The molecule has 2 aromatic heterocycles. The first kappa shape index (κ1) is 35.5. The van der Waals surface area contributed by atoms with Crippen LogP contribution in [0.1, 0.15) is 31.9 Å². The highest BCUT2D eigenvalue weighted by molar-refractivity contribution is 7.60. The Morgan fingerprint density at radius 3 is 2.07 bits per heavy atom. The third-order valence-electron chi connectivity index (χ3n) is 5.68. The number of hydrogen-bond donors (Lipinski definition) is 10. The summed E-state index contributed by atoms with van der Waals surface area (Å²) in [6.45, 7) is 5.08. The number of phosphoric acid groups is 2. The number of nitrogens with two attached hydrogens (primary N) is 3. The van der Waals surface area contributed by atoms with Crippen molar-refractivity contribution >= 4 is 32.6 Å². The van der Waals surface area contributed by atoms with E-state index in [0.717, 1.165) is 58.4 Å². The Labute approximate surface area is 236 Å². The highest BCUT2D eigenvalue weighted by Crippen LogP contribution is 2.57. The Balaban J connectivity index is 0.000000357. The minimum atomic E-state index is -5.29. The van der Waals surface area contributed by atoms with E-state index in [1.54, 1.807) is 0 Å². The molecule has 3 rings (SSSR count). The molecule has 21 heteroatoms. The predicted molar refractivity (Wildman–Crippen MR) is 147 cm³/mol. The lowest BCUT2D eigenvalue weighted by molar-refractivity contribution is -0.0503. The van der Waals surface area contributed by atoms with Crippen LogP contribution in [0.3, 0.4) is 0 Å². The summed E-state index contributed by atoms with van der Waals surface area (Å²) < 4.78 is 36.8. The van der Waals surface area contributed by atoms with Gasteiger partial charge in [0.15, 0.2) is 17.7 Å². The monoisotopic (exact) mass is 629 g/mol. The zero-order chi connectivity index (χ0) is 30.5. The molecule has 1 unspecified atom stereocenters. The number of imidazole rings is 1. The molecule has 19 nitrogen and oxygen atoms in total. The lowest BCUT2D eigenvalue weighted by Crippen LogP contribution is -2.33. The van der Waals surface area contributed by atoms with Gasteiger partial charge < -0.3 is 57.5 Å². The van der Waals surface area contributed by atoms with Gasteiger partial charge >= 0.3 is 15.6 Å². The number of unbranched alkanes of at least 4 members (excludes halogenated alkanes) is 1. The van der Waals surface area contributed by atoms with Gasteiger partial charge in [-0.1, -0.05) is 0 Å². The highest BCUT2D eigenvalue weighted by atomic mass is 31.3. The van der Waals surface area contributed by atoms with Gasteiger partial charge in [0.25, 0.3) is 0 Å². The molecule has 1 saturated heterocycles. The van der Waals surface area contributed by atoms with Crippen molar-refractivity contribution in [1.82, 2.24) is 30.2 Å². The van der Waals surface area contributed by atoms with Gasteiger partial charge in [-0.3, -0.25) is 9.09 Å². The molecule has 1 aliphatic heterocycles. The number of rotatable bonds is 17. The van der Waals surface area contributed by atoms with Crippen molar-refractivity contribution in [2.24, 2.45) is 11.5 Å². The molecule has 0 aromatic carbocycles. The van der Waals surface area contributed by atoms with Crippen molar-refractivity contribution in [1.29, 1.82) is 0 Å². The summed E-state index contributed by atoms with van der Waals surface area (Å²) in [6, 6.07) is 0. The summed E-state index contributed by atoms with van der Waals surface area (Å²) in [5.74, 6) is 0.0856. The van der Waals surface area contributed by atoms with E-state index in [0.29, 0.717) is 0 Å². The first-order valence-electron chi connectivity index (χ1n) is 12.9. The average Bonchev–Trinajstić information content (AvgIpc) is 3.45. The first-order valence-corrected chi connectivity index (χ1v) is 15.9. The van der Waals surface area contributed by atoms with Crippen LogP contribution in [0.2, 0.25) is 0 Å². The second kappa shape index (κ2) is 17.4. The Morgan fingerprint density at radius 1 is 0.927 bits per heavy atom. The Morgan fingerprint density at radius 2 is 1.51 bits per heavy atom. The van der Waals surface area contributed by atoms with Gasteiger partial charge in [-0.05, 0) is 65.0 Å². The van der Waals surface area contributed by atoms with Gasteiger partial charge in [-0.2, -0.15) is 4.31 Å². The number of phosphoric ester groups is 1. The maximum atomic E-state index is 11.5. The van der Waals surface area contributed by atoms with Crippen LogP contribution >= 0.6 is 15.6 Å². The molecular formula is C20H41N9O10P2. The van der Waals surface area contributed by atoms with E-state index >= 15 is 0 Å². The van der Waals surface area contributed by atoms with Crippen molar-refractivity contribution in [3.8, 4) is 0 Å². The van der Waals surface area contributed by atoms with Gasteiger partial charge in [-0.15, -0.1) is 0 Å². The maximum Gasteiger partial charge on any atom is 0.481 e. The smallest absolute Gasteiger partial charge is 0.387 e. The Hall–Kier alpha value is -1.67. The molecule has 0 saturated carbocycles. The maximum absolute atomic E-state index is 11.5. The van der Waals surface area contributed by atoms with E-state index in [-0.39, 0.29) is 17.0 Å². The fourth-order valence-electron chi connectivity index (χ4n) is 3.68. The minimum Gasteiger partial charge on any atom is -0.387 e. The van der Waals surface area contributed by atoms with Crippen LogP contribution in [0.25, 0.3) is 11.2 Å². The molecule has 5 atom stereocenters. The molecule has 3 heterocycles. The number of nitrogens with zero attached hydrogens (tertiary/aromatic N) is 4. The summed E-state index contributed by atoms with van der Waals surface area (Å²) in [5, 5.41) is 27.0. The summed E-state index contributed by atoms with van der Waals surface area (Å²) in [7, 11) is -10.4. The molecule has 0 amide bonds. The standard InChI is InChI=1S/C10H15N5O10P2.C10H26N4/c11-8-5-9(13-2-12-8)15(3-14-5)10-7(17)6(16)4(24-10)1-23-27(21,22)25-26(18,19)20;11-5-3-9-13-7-1-2-8-14-10-4-6-12/h2-4,6-7,10,16-17H,1H2,(H,21,22)(H2,11,12,13)(H2,18,19,20);13-14H,1-12H2/t4-,6-,7-,10-;/m1./s1. The van der Waals surface area contributed by atoms with Gasteiger partial charge in [0.2, 0.25) is 0 Å². The molecule has 1 aliphatic rings. The molecule has 0 bridgehead atoms. The quantitative estimate of drug-likeness (QED) is 0.0661.